The summed E-state index contributed by atoms with van der Waals surface area (Å²) in [4.78, 5) is 16.3. The van der Waals surface area contributed by atoms with Crippen LogP contribution in [0.2, 0.25) is 0 Å². The fourth-order valence-corrected chi connectivity index (χ4v) is 6.40. The lowest BCUT2D eigenvalue weighted by Crippen LogP contribution is -2.14. The number of amides is 1. The largest absolute Gasteiger partial charge is 0.341 e. The highest BCUT2D eigenvalue weighted by molar-refractivity contribution is 8.19. The second-order valence-corrected chi connectivity index (χ2v) is 9.48. The van der Waals surface area contributed by atoms with E-state index in [2.05, 4.69) is 22.4 Å². The molecule has 116 valence electrons. The minimum atomic E-state index is -0.00257. The molecule has 2 aromatic rings. The summed E-state index contributed by atoms with van der Waals surface area (Å²) >= 11 is 10.5. The Kier molecular flexibility index (Phi) is 5.28. The fourth-order valence-electron chi connectivity index (χ4n) is 2.27. The van der Waals surface area contributed by atoms with E-state index in [1.54, 1.807) is 0 Å². The molecule has 22 heavy (non-hydrogen) atoms. The quantitative estimate of drug-likeness (QED) is 0.763. The highest BCUT2D eigenvalue weighted by Gasteiger charge is 2.18. The Hall–Kier alpha value is -0.760. The summed E-state index contributed by atoms with van der Waals surface area (Å²) in [5.41, 5.74) is 3.13. The van der Waals surface area contributed by atoms with E-state index in [0.717, 1.165) is 20.2 Å². The summed E-state index contributed by atoms with van der Waals surface area (Å²) in [6.45, 7) is 1.95. The number of aromatic nitrogens is 1. The van der Waals surface area contributed by atoms with Crippen LogP contribution in [0.15, 0.2) is 24.3 Å². The lowest BCUT2D eigenvalue weighted by Gasteiger charge is -2.11. The van der Waals surface area contributed by atoms with Crippen LogP contribution < -0.4 is 5.32 Å². The summed E-state index contributed by atoms with van der Waals surface area (Å²) in [6.07, 6.45) is 0.362. The van der Waals surface area contributed by atoms with E-state index >= 15 is 0 Å². The van der Waals surface area contributed by atoms with E-state index in [1.807, 2.05) is 42.6 Å². The minimum absolute atomic E-state index is 0.00257. The summed E-state index contributed by atoms with van der Waals surface area (Å²) in [5.74, 6) is 2.39. The lowest BCUT2D eigenvalue weighted by atomic mass is 10.2. The van der Waals surface area contributed by atoms with Gasteiger partial charge >= 0.3 is 0 Å². The van der Waals surface area contributed by atoms with Crippen molar-refractivity contribution in [3.05, 3.63) is 44.4 Å². The van der Waals surface area contributed by atoms with Gasteiger partial charge in [-0.05, 0) is 36.8 Å². The SMILES string of the molecule is Cc1[nH]c(=S)sc1CC(=O)Nc1cccc(C2SCCS2)c1. The van der Waals surface area contributed by atoms with Crippen molar-refractivity contribution in [1.82, 2.24) is 4.98 Å². The molecule has 1 amide bonds. The Morgan fingerprint density at radius 1 is 1.41 bits per heavy atom. The summed E-state index contributed by atoms with van der Waals surface area (Å²) in [7, 11) is 0. The maximum atomic E-state index is 12.2. The van der Waals surface area contributed by atoms with Crippen molar-refractivity contribution >= 4 is 58.7 Å². The predicted molar refractivity (Wildman–Crippen MR) is 101 cm³/mol. The number of thioether (sulfide) groups is 2. The van der Waals surface area contributed by atoms with Crippen molar-refractivity contribution in [1.29, 1.82) is 0 Å². The van der Waals surface area contributed by atoms with Gasteiger partial charge in [-0.1, -0.05) is 12.1 Å². The van der Waals surface area contributed by atoms with Crippen molar-refractivity contribution in [3.8, 4) is 0 Å². The van der Waals surface area contributed by atoms with Gasteiger partial charge < -0.3 is 10.3 Å². The highest BCUT2D eigenvalue weighted by atomic mass is 32.2. The number of hydrogen-bond acceptors (Lipinski definition) is 5. The fraction of sp³-hybridized carbons (Fsp3) is 0.333. The molecule has 0 spiro atoms. The van der Waals surface area contributed by atoms with E-state index in [0.29, 0.717) is 11.0 Å². The third-order valence-corrected chi connectivity index (χ3v) is 7.75. The van der Waals surface area contributed by atoms with Gasteiger partial charge in [-0.15, -0.1) is 34.9 Å². The molecule has 1 aliphatic heterocycles. The second kappa shape index (κ2) is 7.21. The van der Waals surface area contributed by atoms with Crippen LogP contribution in [-0.4, -0.2) is 22.4 Å². The van der Waals surface area contributed by atoms with Gasteiger partial charge in [-0.3, -0.25) is 4.79 Å². The van der Waals surface area contributed by atoms with E-state index in [1.165, 1.54) is 28.4 Å². The number of nitrogens with one attached hydrogen (secondary N) is 2. The molecule has 0 radical (unpaired) electrons. The number of benzene rings is 1. The van der Waals surface area contributed by atoms with Gasteiger partial charge in [-0.2, -0.15) is 0 Å². The molecule has 7 heteroatoms. The van der Waals surface area contributed by atoms with Gasteiger partial charge in [0.1, 0.15) is 0 Å². The number of hydrogen-bond donors (Lipinski definition) is 2. The Morgan fingerprint density at radius 2 is 2.18 bits per heavy atom. The summed E-state index contributed by atoms with van der Waals surface area (Å²) in [5, 5.41) is 2.99. The molecule has 0 unspecified atom stereocenters. The van der Waals surface area contributed by atoms with E-state index < -0.39 is 0 Å². The maximum Gasteiger partial charge on any atom is 0.229 e. The molecule has 3 rings (SSSR count). The van der Waals surface area contributed by atoms with Crippen molar-refractivity contribution in [3.63, 3.8) is 0 Å². The van der Waals surface area contributed by atoms with Gasteiger partial charge in [-0.25, -0.2) is 0 Å². The Morgan fingerprint density at radius 3 is 2.86 bits per heavy atom. The van der Waals surface area contributed by atoms with Crippen molar-refractivity contribution in [2.24, 2.45) is 0 Å². The maximum absolute atomic E-state index is 12.2. The van der Waals surface area contributed by atoms with E-state index in [4.69, 9.17) is 12.2 Å². The third kappa shape index (κ3) is 3.95. The molecular formula is C15H16N2OS4. The van der Waals surface area contributed by atoms with Gasteiger partial charge in [0, 0.05) is 27.8 Å². The molecular weight excluding hydrogens is 352 g/mol. The lowest BCUT2D eigenvalue weighted by molar-refractivity contribution is -0.115. The van der Waals surface area contributed by atoms with Crippen LogP contribution in [0.5, 0.6) is 0 Å². The van der Waals surface area contributed by atoms with Gasteiger partial charge in [0.05, 0.1) is 11.0 Å². The third-order valence-electron chi connectivity index (χ3n) is 3.31. The van der Waals surface area contributed by atoms with Crippen molar-refractivity contribution < 1.29 is 4.79 Å². The molecule has 3 nitrogen and oxygen atoms in total. The first-order valence-corrected chi connectivity index (χ1v) is 10.3. The van der Waals surface area contributed by atoms with Crippen LogP contribution in [-0.2, 0) is 11.2 Å². The van der Waals surface area contributed by atoms with Crippen molar-refractivity contribution in [2.75, 3.05) is 16.8 Å². The van der Waals surface area contributed by atoms with Crippen LogP contribution in [0.1, 0.15) is 20.7 Å². The predicted octanol–water partition coefficient (Wildman–Crippen LogP) is 4.77. The number of aromatic amines is 1. The summed E-state index contributed by atoms with van der Waals surface area (Å²) in [6, 6.07) is 8.17. The average molecular weight is 369 g/mol. The first-order valence-electron chi connectivity index (χ1n) is 6.93. The van der Waals surface area contributed by atoms with E-state index in [-0.39, 0.29) is 5.91 Å². The van der Waals surface area contributed by atoms with Crippen LogP contribution >= 0.6 is 47.1 Å². The zero-order valence-corrected chi connectivity index (χ0v) is 15.3. The number of anilines is 1. The van der Waals surface area contributed by atoms with Crippen LogP contribution in [0.4, 0.5) is 5.69 Å². The topological polar surface area (TPSA) is 44.9 Å². The molecule has 1 saturated heterocycles. The summed E-state index contributed by atoms with van der Waals surface area (Å²) < 4.78 is 1.21. The molecule has 1 aliphatic rings. The molecule has 2 N–H and O–H groups in total. The Labute approximate surface area is 147 Å². The number of H-pyrrole nitrogens is 1. The van der Waals surface area contributed by atoms with Crippen molar-refractivity contribution in [2.45, 2.75) is 17.9 Å². The second-order valence-electron chi connectivity index (χ2n) is 4.99. The molecule has 1 fully saturated rings. The zero-order valence-electron chi connectivity index (χ0n) is 12.0. The van der Waals surface area contributed by atoms with E-state index in [9.17, 15) is 4.79 Å². The van der Waals surface area contributed by atoms with Crippen LogP contribution in [0, 0.1) is 10.9 Å². The average Bonchev–Trinajstić information content (AvgIpc) is 3.10. The van der Waals surface area contributed by atoms with Gasteiger partial charge in [0.15, 0.2) is 3.95 Å². The molecule has 0 bridgehead atoms. The Bertz CT molecular complexity index is 731. The van der Waals surface area contributed by atoms with Gasteiger partial charge in [0.25, 0.3) is 0 Å². The molecule has 0 aliphatic carbocycles. The monoisotopic (exact) mass is 368 g/mol. The number of aryl methyl sites for hydroxylation is 1. The Balaban J connectivity index is 1.67. The molecule has 1 aromatic heterocycles. The number of thiazole rings is 1. The van der Waals surface area contributed by atoms with Crippen LogP contribution in [0.25, 0.3) is 0 Å². The molecule has 0 saturated carbocycles. The highest BCUT2D eigenvalue weighted by Crippen LogP contribution is 2.45. The number of rotatable bonds is 4. The molecule has 0 atom stereocenters. The van der Waals surface area contributed by atoms with Crippen LogP contribution in [0.3, 0.4) is 0 Å². The minimum Gasteiger partial charge on any atom is -0.341 e. The zero-order chi connectivity index (χ0) is 15.5. The normalized spacial score (nSPS) is 15.1. The molecule has 1 aromatic carbocycles. The molecule has 2 heterocycles. The standard InChI is InChI=1S/C15H16N2OS4/c1-9-12(22-15(19)16-9)8-13(18)17-11-4-2-3-10(7-11)14-20-5-6-21-14/h2-4,7,14H,5-6,8H2,1H3,(H,16,19)(H,17,18). The van der Waals surface area contributed by atoms with Gasteiger partial charge in [0.2, 0.25) is 5.91 Å². The number of carbonyl (C=O) groups excluding carboxylic acids is 1. The first-order chi connectivity index (χ1) is 10.6. The first kappa shape index (κ1) is 16.1. The smallest absolute Gasteiger partial charge is 0.229 e. The number of carbonyl (C=O) groups is 1.